The highest BCUT2D eigenvalue weighted by molar-refractivity contribution is 7.09. The van der Waals surface area contributed by atoms with Crippen molar-refractivity contribution < 1.29 is 9.59 Å². The number of halogens is 1. The number of thiazole rings is 1. The first kappa shape index (κ1) is 14.3. The smallest absolute Gasteiger partial charge is 0.227 e. The predicted molar refractivity (Wildman–Crippen MR) is 74.2 cm³/mol. The number of aromatic nitrogens is 1. The summed E-state index contributed by atoms with van der Waals surface area (Å²) in [6.07, 6.45) is 1.48. The van der Waals surface area contributed by atoms with E-state index in [1.54, 1.807) is 11.9 Å². The fraction of sp³-hybridized carbons (Fsp3) is 0.583. The van der Waals surface area contributed by atoms with Crippen LogP contribution >= 0.6 is 22.9 Å². The van der Waals surface area contributed by atoms with Crippen molar-refractivity contribution in [2.24, 2.45) is 0 Å². The van der Waals surface area contributed by atoms with Crippen molar-refractivity contribution in [1.29, 1.82) is 0 Å². The molecule has 7 heteroatoms. The van der Waals surface area contributed by atoms with Gasteiger partial charge in [-0.1, -0.05) is 0 Å². The highest BCUT2D eigenvalue weighted by Gasteiger charge is 2.24. The first-order valence-electron chi connectivity index (χ1n) is 6.11. The zero-order valence-corrected chi connectivity index (χ0v) is 12.3. The van der Waals surface area contributed by atoms with Gasteiger partial charge in [-0.25, -0.2) is 4.98 Å². The van der Waals surface area contributed by atoms with Gasteiger partial charge in [-0.2, -0.15) is 0 Å². The molecular formula is C12H16ClN3O2S. The Kier molecular flexibility index (Phi) is 4.76. The van der Waals surface area contributed by atoms with Crippen LogP contribution < -0.4 is 5.32 Å². The van der Waals surface area contributed by atoms with Crippen LogP contribution in [0.5, 0.6) is 0 Å². The molecule has 0 aliphatic carbocycles. The maximum Gasteiger partial charge on any atom is 0.227 e. The number of hydrogen-bond donors (Lipinski definition) is 1. The van der Waals surface area contributed by atoms with Crippen molar-refractivity contribution in [1.82, 2.24) is 15.2 Å². The normalized spacial score (nSPS) is 19.6. The second-order valence-corrected chi connectivity index (χ2v) is 5.83. The quantitative estimate of drug-likeness (QED) is 0.849. The van der Waals surface area contributed by atoms with Crippen molar-refractivity contribution in [3.63, 3.8) is 0 Å². The third kappa shape index (κ3) is 3.91. The van der Waals surface area contributed by atoms with Gasteiger partial charge >= 0.3 is 0 Å². The summed E-state index contributed by atoms with van der Waals surface area (Å²) in [5.74, 6) is 0.452. The molecule has 0 spiro atoms. The lowest BCUT2D eigenvalue weighted by Gasteiger charge is -2.30. The van der Waals surface area contributed by atoms with Gasteiger partial charge < -0.3 is 10.2 Å². The molecule has 0 aromatic carbocycles. The monoisotopic (exact) mass is 301 g/mol. The lowest BCUT2D eigenvalue weighted by Crippen LogP contribution is -2.48. The number of carbonyl (C=O) groups excluding carboxylic acids is 2. The van der Waals surface area contributed by atoms with E-state index in [4.69, 9.17) is 11.6 Å². The lowest BCUT2D eigenvalue weighted by atomic mass is 10.1. The number of likely N-dealkylation sites (tertiary alicyclic amines) is 1. The summed E-state index contributed by atoms with van der Waals surface area (Å²) in [6.45, 7) is 0.579. The third-order valence-corrected chi connectivity index (χ3v) is 4.21. The topological polar surface area (TPSA) is 62.3 Å². The Labute approximate surface area is 121 Å². The molecule has 5 nitrogen and oxygen atoms in total. The molecule has 1 unspecified atom stereocenters. The molecular weight excluding hydrogens is 286 g/mol. The van der Waals surface area contributed by atoms with Gasteiger partial charge in [0.25, 0.3) is 0 Å². The molecule has 1 atom stereocenters. The van der Waals surface area contributed by atoms with E-state index in [0.29, 0.717) is 25.3 Å². The van der Waals surface area contributed by atoms with E-state index >= 15 is 0 Å². The van der Waals surface area contributed by atoms with E-state index in [2.05, 4.69) is 10.3 Å². The van der Waals surface area contributed by atoms with Crippen molar-refractivity contribution in [2.45, 2.75) is 31.2 Å². The van der Waals surface area contributed by atoms with Crippen LogP contribution in [0.2, 0.25) is 0 Å². The fourth-order valence-corrected chi connectivity index (χ4v) is 3.06. The molecule has 19 heavy (non-hydrogen) atoms. The number of alkyl halides is 1. The van der Waals surface area contributed by atoms with E-state index in [1.807, 2.05) is 5.38 Å². The fourth-order valence-electron chi connectivity index (χ4n) is 2.04. The summed E-state index contributed by atoms with van der Waals surface area (Å²) in [5, 5.41) is 5.58. The number of rotatable bonds is 4. The van der Waals surface area contributed by atoms with Crippen LogP contribution in [0.1, 0.15) is 23.5 Å². The zero-order chi connectivity index (χ0) is 13.8. The van der Waals surface area contributed by atoms with Gasteiger partial charge in [-0.05, 0) is 6.42 Å². The standard InChI is InChI=1S/C12H16ClN3O2S/c1-16-6-8(2-3-12(16)18)14-10(17)4-11-15-9(5-13)7-19-11/h7-8H,2-6H2,1H3,(H,14,17). The van der Waals surface area contributed by atoms with Gasteiger partial charge in [0.05, 0.1) is 18.0 Å². The molecule has 1 aliphatic heterocycles. The number of likely N-dealkylation sites (N-methyl/N-ethyl adjacent to an activating group) is 1. The van der Waals surface area contributed by atoms with Gasteiger partial charge in [0.1, 0.15) is 5.01 Å². The highest BCUT2D eigenvalue weighted by atomic mass is 35.5. The van der Waals surface area contributed by atoms with E-state index < -0.39 is 0 Å². The highest BCUT2D eigenvalue weighted by Crippen LogP contribution is 2.13. The predicted octanol–water partition coefficient (Wildman–Crippen LogP) is 1.16. The SMILES string of the molecule is CN1CC(NC(=O)Cc2nc(CCl)cs2)CCC1=O. The van der Waals surface area contributed by atoms with Crippen LogP contribution in [0, 0.1) is 0 Å². The Hall–Kier alpha value is -1.14. The zero-order valence-electron chi connectivity index (χ0n) is 10.7. The molecule has 2 heterocycles. The number of hydrogen-bond acceptors (Lipinski definition) is 4. The van der Waals surface area contributed by atoms with Gasteiger partial charge in [0.15, 0.2) is 0 Å². The molecule has 0 radical (unpaired) electrons. The van der Waals surface area contributed by atoms with Crippen LogP contribution in [0.3, 0.4) is 0 Å². The minimum atomic E-state index is -0.0526. The number of piperidine rings is 1. The number of carbonyl (C=O) groups is 2. The van der Waals surface area contributed by atoms with Crippen molar-refractivity contribution in [3.8, 4) is 0 Å². The van der Waals surface area contributed by atoms with Gasteiger partial charge in [-0.15, -0.1) is 22.9 Å². The van der Waals surface area contributed by atoms with E-state index in [1.165, 1.54) is 11.3 Å². The van der Waals surface area contributed by atoms with Gasteiger partial charge in [0, 0.05) is 31.4 Å². The van der Waals surface area contributed by atoms with E-state index in [9.17, 15) is 9.59 Å². The molecule has 1 fully saturated rings. The Morgan fingerprint density at radius 1 is 1.68 bits per heavy atom. The van der Waals surface area contributed by atoms with Crippen molar-refractivity contribution in [3.05, 3.63) is 16.1 Å². The second-order valence-electron chi connectivity index (χ2n) is 4.62. The Morgan fingerprint density at radius 3 is 3.11 bits per heavy atom. The minimum Gasteiger partial charge on any atom is -0.351 e. The molecule has 1 aromatic rings. The molecule has 104 valence electrons. The first-order chi connectivity index (χ1) is 9.08. The molecule has 1 N–H and O–H groups in total. The number of nitrogens with one attached hydrogen (secondary N) is 1. The summed E-state index contributed by atoms with van der Waals surface area (Å²) < 4.78 is 0. The van der Waals surface area contributed by atoms with Crippen LogP contribution in [0.4, 0.5) is 0 Å². The maximum absolute atomic E-state index is 11.9. The number of amides is 2. The molecule has 1 aliphatic rings. The first-order valence-corrected chi connectivity index (χ1v) is 7.52. The largest absolute Gasteiger partial charge is 0.351 e. The average Bonchev–Trinajstić information content (AvgIpc) is 2.81. The Balaban J connectivity index is 1.82. The lowest BCUT2D eigenvalue weighted by molar-refractivity contribution is -0.133. The molecule has 0 saturated carbocycles. The van der Waals surface area contributed by atoms with Crippen LogP contribution in [-0.4, -0.2) is 41.3 Å². The third-order valence-electron chi connectivity index (χ3n) is 3.04. The second kappa shape index (κ2) is 6.34. The molecule has 2 rings (SSSR count). The van der Waals surface area contributed by atoms with Crippen LogP contribution in [-0.2, 0) is 21.9 Å². The summed E-state index contributed by atoms with van der Waals surface area (Å²) in [7, 11) is 1.76. The van der Waals surface area contributed by atoms with Gasteiger partial charge in [0.2, 0.25) is 11.8 Å². The Bertz CT molecular complexity index is 477. The Morgan fingerprint density at radius 2 is 2.47 bits per heavy atom. The van der Waals surface area contributed by atoms with Crippen LogP contribution in [0.25, 0.3) is 0 Å². The van der Waals surface area contributed by atoms with E-state index in [-0.39, 0.29) is 24.3 Å². The maximum atomic E-state index is 11.9. The average molecular weight is 302 g/mol. The minimum absolute atomic E-state index is 0.0441. The number of nitrogens with zero attached hydrogens (tertiary/aromatic N) is 2. The molecule has 0 bridgehead atoms. The summed E-state index contributed by atoms with van der Waals surface area (Å²) in [5.41, 5.74) is 0.803. The van der Waals surface area contributed by atoms with Crippen LogP contribution in [0.15, 0.2) is 5.38 Å². The van der Waals surface area contributed by atoms with Gasteiger partial charge in [-0.3, -0.25) is 9.59 Å². The molecule has 1 saturated heterocycles. The summed E-state index contributed by atoms with van der Waals surface area (Å²) in [6, 6.07) is 0.0441. The van der Waals surface area contributed by atoms with Crippen molar-refractivity contribution >= 4 is 34.8 Å². The molecule has 1 aromatic heterocycles. The van der Waals surface area contributed by atoms with Crippen molar-refractivity contribution in [2.75, 3.05) is 13.6 Å². The summed E-state index contributed by atoms with van der Waals surface area (Å²) in [4.78, 5) is 29.1. The van der Waals surface area contributed by atoms with E-state index in [0.717, 1.165) is 10.7 Å². The summed E-state index contributed by atoms with van der Waals surface area (Å²) >= 11 is 7.11. The molecule has 2 amide bonds.